The average Bonchev–Trinajstić information content (AvgIpc) is 2.77. The summed E-state index contributed by atoms with van der Waals surface area (Å²) >= 11 is 12.1. The van der Waals surface area contributed by atoms with Gasteiger partial charge in [0.05, 0.1) is 28.7 Å². The van der Waals surface area contributed by atoms with Gasteiger partial charge in [0, 0.05) is 5.56 Å². The highest BCUT2D eigenvalue weighted by Crippen LogP contribution is 2.43. The molecule has 0 spiro atoms. The lowest BCUT2D eigenvalue weighted by Gasteiger charge is -2.45. The van der Waals surface area contributed by atoms with E-state index >= 15 is 0 Å². The predicted octanol–water partition coefficient (Wildman–Crippen LogP) is 5.26. The summed E-state index contributed by atoms with van der Waals surface area (Å²) in [6, 6.07) is 24.2. The molecule has 148 valence electrons. The summed E-state index contributed by atoms with van der Waals surface area (Å²) in [5, 5.41) is 10.6. The van der Waals surface area contributed by atoms with Crippen LogP contribution in [0.25, 0.3) is 0 Å². The molecular weight excluding hydrogens is 411 g/mol. The van der Waals surface area contributed by atoms with Crippen LogP contribution in [0.4, 0.5) is 0 Å². The van der Waals surface area contributed by atoms with Gasteiger partial charge in [-0.15, -0.1) is 0 Å². The van der Waals surface area contributed by atoms with E-state index in [2.05, 4.69) is 0 Å². The summed E-state index contributed by atoms with van der Waals surface area (Å²) < 4.78 is 12.0. The van der Waals surface area contributed by atoms with Crippen molar-refractivity contribution in [3.63, 3.8) is 0 Å². The molecule has 1 N–H and O–H groups in total. The van der Waals surface area contributed by atoms with E-state index in [-0.39, 0.29) is 23.8 Å². The zero-order valence-electron chi connectivity index (χ0n) is 15.3. The van der Waals surface area contributed by atoms with Crippen molar-refractivity contribution in [3.8, 4) is 0 Å². The fourth-order valence-corrected chi connectivity index (χ4v) is 3.96. The molecule has 0 saturated carbocycles. The zero-order chi connectivity index (χ0) is 20.5. The van der Waals surface area contributed by atoms with Gasteiger partial charge in [-0.3, -0.25) is 0 Å². The molecule has 29 heavy (non-hydrogen) atoms. The molecule has 0 radical (unpaired) electrons. The third-order valence-electron chi connectivity index (χ3n) is 5.28. The van der Waals surface area contributed by atoms with E-state index in [1.165, 1.54) is 12.1 Å². The monoisotopic (exact) mass is 428 g/mol. The molecule has 3 aromatic rings. The SMILES string of the molecule is O=C(O)C1(c2ccc(Cl)c(Cl)c2)OCC(c2ccccc2)(c2ccccc2)CO1. The first-order valence-electron chi connectivity index (χ1n) is 9.06. The Hall–Kier alpha value is -2.37. The minimum absolute atomic E-state index is 0.119. The number of carbonyl (C=O) groups is 1. The molecule has 0 aromatic heterocycles. The third kappa shape index (κ3) is 3.43. The van der Waals surface area contributed by atoms with Gasteiger partial charge in [0.25, 0.3) is 5.79 Å². The normalized spacial score (nSPS) is 17.6. The van der Waals surface area contributed by atoms with Gasteiger partial charge in [0.1, 0.15) is 0 Å². The van der Waals surface area contributed by atoms with E-state index in [0.717, 1.165) is 11.1 Å². The molecule has 4 nitrogen and oxygen atoms in total. The Morgan fingerprint density at radius 2 is 1.28 bits per heavy atom. The molecule has 1 saturated heterocycles. The van der Waals surface area contributed by atoms with Gasteiger partial charge in [-0.2, -0.15) is 0 Å². The average molecular weight is 429 g/mol. The van der Waals surface area contributed by atoms with E-state index in [9.17, 15) is 9.90 Å². The number of ether oxygens (including phenoxy) is 2. The zero-order valence-corrected chi connectivity index (χ0v) is 16.9. The lowest BCUT2D eigenvalue weighted by molar-refractivity contribution is -0.287. The van der Waals surface area contributed by atoms with Crippen molar-refractivity contribution in [3.05, 3.63) is 106 Å². The van der Waals surface area contributed by atoms with Crippen LogP contribution in [0.2, 0.25) is 10.0 Å². The molecular formula is C23H18Cl2O4. The van der Waals surface area contributed by atoms with Gasteiger partial charge in [-0.25, -0.2) is 4.79 Å². The molecule has 1 aliphatic heterocycles. The molecule has 1 heterocycles. The molecule has 0 amide bonds. The van der Waals surface area contributed by atoms with Crippen molar-refractivity contribution in [2.45, 2.75) is 11.2 Å². The summed E-state index contributed by atoms with van der Waals surface area (Å²) in [5.74, 6) is -3.20. The molecule has 1 aliphatic rings. The first kappa shape index (κ1) is 19.9. The van der Waals surface area contributed by atoms with Gasteiger partial charge in [-0.1, -0.05) is 89.9 Å². The quantitative estimate of drug-likeness (QED) is 0.615. The molecule has 6 heteroatoms. The number of hydrogen-bond acceptors (Lipinski definition) is 3. The minimum Gasteiger partial charge on any atom is -0.477 e. The highest BCUT2D eigenvalue weighted by Gasteiger charge is 2.52. The number of halogens is 2. The number of carboxylic acids is 1. The van der Waals surface area contributed by atoms with E-state index in [1.54, 1.807) is 6.07 Å². The number of aliphatic carboxylic acids is 1. The van der Waals surface area contributed by atoms with Crippen molar-refractivity contribution in [1.82, 2.24) is 0 Å². The van der Waals surface area contributed by atoms with Gasteiger partial charge < -0.3 is 14.6 Å². The minimum atomic E-state index is -1.96. The second kappa shape index (κ2) is 7.81. The van der Waals surface area contributed by atoms with Gasteiger partial charge >= 0.3 is 5.97 Å². The van der Waals surface area contributed by atoms with Crippen molar-refractivity contribution in [1.29, 1.82) is 0 Å². The molecule has 3 aromatic carbocycles. The first-order chi connectivity index (χ1) is 14.0. The van der Waals surface area contributed by atoms with Crippen molar-refractivity contribution < 1.29 is 19.4 Å². The Balaban J connectivity index is 1.77. The largest absolute Gasteiger partial charge is 0.477 e. The second-order valence-corrected chi connectivity index (χ2v) is 7.76. The Morgan fingerprint density at radius 3 is 1.72 bits per heavy atom. The van der Waals surface area contributed by atoms with Gasteiger partial charge in [0.2, 0.25) is 0 Å². The molecule has 0 bridgehead atoms. The second-order valence-electron chi connectivity index (χ2n) is 6.94. The Morgan fingerprint density at radius 1 is 0.759 bits per heavy atom. The van der Waals surface area contributed by atoms with Crippen LogP contribution in [0.5, 0.6) is 0 Å². The van der Waals surface area contributed by atoms with Crippen molar-refractivity contribution >= 4 is 29.2 Å². The van der Waals surface area contributed by atoms with Crippen LogP contribution in [0.3, 0.4) is 0 Å². The van der Waals surface area contributed by atoms with E-state index in [0.29, 0.717) is 5.02 Å². The fraction of sp³-hybridized carbons (Fsp3) is 0.174. The van der Waals surface area contributed by atoms with Crippen LogP contribution < -0.4 is 0 Å². The maximum atomic E-state index is 12.2. The molecule has 4 rings (SSSR count). The van der Waals surface area contributed by atoms with Crippen LogP contribution >= 0.6 is 23.2 Å². The van der Waals surface area contributed by atoms with Crippen LogP contribution in [0.1, 0.15) is 16.7 Å². The Kier molecular flexibility index (Phi) is 5.36. The predicted molar refractivity (Wildman–Crippen MR) is 111 cm³/mol. The highest BCUT2D eigenvalue weighted by atomic mass is 35.5. The fourth-order valence-electron chi connectivity index (χ4n) is 3.66. The highest BCUT2D eigenvalue weighted by molar-refractivity contribution is 6.42. The summed E-state index contributed by atoms with van der Waals surface area (Å²) in [6.07, 6.45) is 0. The van der Waals surface area contributed by atoms with Crippen LogP contribution in [0, 0.1) is 0 Å². The topological polar surface area (TPSA) is 55.8 Å². The van der Waals surface area contributed by atoms with Crippen molar-refractivity contribution in [2.75, 3.05) is 13.2 Å². The summed E-state index contributed by atoms with van der Waals surface area (Å²) in [7, 11) is 0. The van der Waals surface area contributed by atoms with Crippen LogP contribution in [0.15, 0.2) is 78.9 Å². The lowest BCUT2D eigenvalue weighted by atomic mass is 9.75. The van der Waals surface area contributed by atoms with Crippen LogP contribution in [-0.4, -0.2) is 24.3 Å². The molecule has 1 fully saturated rings. The maximum absolute atomic E-state index is 12.2. The summed E-state index contributed by atoms with van der Waals surface area (Å²) in [6.45, 7) is 0.237. The Bertz CT molecular complexity index is 972. The number of benzene rings is 3. The van der Waals surface area contributed by atoms with E-state index in [4.69, 9.17) is 32.7 Å². The number of carboxylic acid groups (broad SMARTS) is 1. The summed E-state index contributed by atoms with van der Waals surface area (Å²) in [4.78, 5) is 12.2. The number of rotatable bonds is 4. The molecule has 0 aliphatic carbocycles. The van der Waals surface area contributed by atoms with E-state index < -0.39 is 17.2 Å². The number of hydrogen-bond donors (Lipinski definition) is 1. The molecule has 0 atom stereocenters. The maximum Gasteiger partial charge on any atom is 0.369 e. The van der Waals surface area contributed by atoms with Gasteiger partial charge in [-0.05, 0) is 23.3 Å². The summed E-state index contributed by atoms with van der Waals surface area (Å²) in [5.41, 5.74) is 1.62. The first-order valence-corrected chi connectivity index (χ1v) is 9.81. The van der Waals surface area contributed by atoms with Gasteiger partial charge in [0.15, 0.2) is 0 Å². The standard InChI is InChI=1S/C23H18Cl2O4/c24-19-12-11-18(13-20(19)25)23(21(26)27)28-14-22(15-29-23,16-7-3-1-4-8-16)17-9-5-2-6-10-17/h1-13H,14-15H2,(H,26,27). The van der Waals surface area contributed by atoms with Crippen LogP contribution in [-0.2, 0) is 25.5 Å². The third-order valence-corrected chi connectivity index (χ3v) is 6.02. The van der Waals surface area contributed by atoms with E-state index in [1.807, 2.05) is 60.7 Å². The molecule has 0 unspecified atom stereocenters. The van der Waals surface area contributed by atoms with Crippen molar-refractivity contribution in [2.24, 2.45) is 0 Å². The lowest BCUT2D eigenvalue weighted by Crippen LogP contribution is -2.54. The Labute approximate surface area is 178 Å². The smallest absolute Gasteiger partial charge is 0.369 e.